The number of halogens is 1. The van der Waals surface area contributed by atoms with Crippen LogP contribution in [-0.4, -0.2) is 23.9 Å². The van der Waals surface area contributed by atoms with Gasteiger partial charge in [-0.3, -0.25) is 0 Å². The van der Waals surface area contributed by atoms with Crippen molar-refractivity contribution in [2.45, 2.75) is 6.54 Å². The van der Waals surface area contributed by atoms with Crippen molar-refractivity contribution in [3.8, 4) is 17.2 Å². The van der Waals surface area contributed by atoms with Crippen LogP contribution in [-0.2, 0) is 6.54 Å². The lowest BCUT2D eigenvalue weighted by Crippen LogP contribution is -2.03. The molecule has 2 aromatic carbocycles. The van der Waals surface area contributed by atoms with Crippen molar-refractivity contribution in [2.24, 2.45) is 0 Å². The van der Waals surface area contributed by atoms with Crippen molar-refractivity contribution in [2.75, 3.05) is 24.5 Å². The topological polar surface area (TPSA) is 77.5 Å². The molecule has 2 heterocycles. The van der Waals surface area contributed by atoms with Gasteiger partial charge >= 0.3 is 0 Å². The van der Waals surface area contributed by atoms with Crippen LogP contribution in [0.2, 0.25) is 5.02 Å². The monoisotopic (exact) mass is 384 g/mol. The molecular weight excluding hydrogens is 368 g/mol. The molecule has 0 amide bonds. The van der Waals surface area contributed by atoms with E-state index in [1.807, 2.05) is 24.3 Å². The summed E-state index contributed by atoms with van der Waals surface area (Å²) >= 11 is 6.07. The molecule has 7 nitrogen and oxygen atoms in total. The number of nitrogens with one attached hydrogen (secondary N) is 2. The van der Waals surface area contributed by atoms with Crippen LogP contribution < -0.4 is 24.8 Å². The fourth-order valence-corrected chi connectivity index (χ4v) is 2.85. The lowest BCUT2D eigenvalue weighted by Gasteiger charge is -2.12. The first kappa shape index (κ1) is 17.2. The Bertz CT molecular complexity index is 967. The summed E-state index contributed by atoms with van der Waals surface area (Å²) in [4.78, 5) is 8.50. The molecule has 1 aliphatic heterocycles. The Labute approximate surface area is 161 Å². The molecule has 138 valence electrons. The van der Waals surface area contributed by atoms with E-state index < -0.39 is 0 Å². The average molecular weight is 385 g/mol. The first-order valence-electron chi connectivity index (χ1n) is 8.26. The number of ether oxygens (including phenoxy) is 3. The summed E-state index contributed by atoms with van der Waals surface area (Å²) in [5.41, 5.74) is 1.79. The third-order valence-corrected chi connectivity index (χ3v) is 4.24. The molecule has 0 bridgehead atoms. The van der Waals surface area contributed by atoms with E-state index in [9.17, 15) is 0 Å². The Hall–Kier alpha value is -3.19. The molecule has 0 aliphatic carbocycles. The van der Waals surface area contributed by atoms with Gasteiger partial charge in [-0.2, -0.15) is 0 Å². The Morgan fingerprint density at radius 2 is 1.89 bits per heavy atom. The second-order valence-electron chi connectivity index (χ2n) is 5.80. The molecule has 3 aromatic rings. The summed E-state index contributed by atoms with van der Waals surface area (Å²) in [5, 5.41) is 7.08. The fraction of sp³-hybridized carbons (Fsp3) is 0.158. The van der Waals surface area contributed by atoms with Crippen molar-refractivity contribution in [3.63, 3.8) is 0 Å². The maximum atomic E-state index is 6.07. The molecule has 8 heteroatoms. The molecule has 0 spiro atoms. The van der Waals surface area contributed by atoms with Gasteiger partial charge in [0.25, 0.3) is 0 Å². The van der Waals surface area contributed by atoms with Crippen molar-refractivity contribution >= 4 is 28.9 Å². The lowest BCUT2D eigenvalue weighted by molar-refractivity contribution is 0.174. The van der Waals surface area contributed by atoms with E-state index in [0.29, 0.717) is 29.0 Å². The van der Waals surface area contributed by atoms with Crippen molar-refractivity contribution in [1.29, 1.82) is 0 Å². The predicted molar refractivity (Wildman–Crippen MR) is 103 cm³/mol. The SMILES string of the molecule is COc1ccc(Cl)cc1Nc1cc(NCc2ccc3c(c2)OCO3)ncn1. The number of hydrogen-bond acceptors (Lipinski definition) is 7. The highest BCUT2D eigenvalue weighted by atomic mass is 35.5. The molecule has 1 aliphatic rings. The minimum Gasteiger partial charge on any atom is -0.495 e. The summed E-state index contributed by atoms with van der Waals surface area (Å²) in [5.74, 6) is 3.51. The van der Waals surface area contributed by atoms with Gasteiger partial charge in [0.1, 0.15) is 23.7 Å². The van der Waals surface area contributed by atoms with E-state index >= 15 is 0 Å². The molecule has 0 saturated carbocycles. The first-order valence-corrected chi connectivity index (χ1v) is 8.64. The zero-order valence-electron chi connectivity index (χ0n) is 14.5. The molecule has 0 unspecified atom stereocenters. The van der Waals surface area contributed by atoms with Crippen LogP contribution in [0.15, 0.2) is 48.8 Å². The Balaban J connectivity index is 1.46. The molecule has 2 N–H and O–H groups in total. The highest BCUT2D eigenvalue weighted by Crippen LogP contribution is 2.33. The zero-order chi connectivity index (χ0) is 18.6. The summed E-state index contributed by atoms with van der Waals surface area (Å²) in [6, 6.07) is 13.0. The van der Waals surface area contributed by atoms with Gasteiger partial charge in [0.2, 0.25) is 6.79 Å². The van der Waals surface area contributed by atoms with Gasteiger partial charge in [0.15, 0.2) is 11.5 Å². The Morgan fingerprint density at radius 1 is 1.04 bits per heavy atom. The van der Waals surface area contributed by atoms with Crippen LogP contribution >= 0.6 is 11.6 Å². The van der Waals surface area contributed by atoms with Gasteiger partial charge in [-0.15, -0.1) is 0 Å². The van der Waals surface area contributed by atoms with Crippen LogP contribution in [0.3, 0.4) is 0 Å². The van der Waals surface area contributed by atoms with Crippen LogP contribution in [0.25, 0.3) is 0 Å². The average Bonchev–Trinajstić information content (AvgIpc) is 3.15. The van der Waals surface area contributed by atoms with Crippen molar-refractivity contribution in [3.05, 3.63) is 59.4 Å². The van der Waals surface area contributed by atoms with E-state index in [-0.39, 0.29) is 6.79 Å². The van der Waals surface area contributed by atoms with E-state index in [4.69, 9.17) is 25.8 Å². The Kier molecular flexibility index (Phi) is 4.84. The highest BCUT2D eigenvalue weighted by Gasteiger charge is 2.13. The number of anilines is 3. The van der Waals surface area contributed by atoms with Crippen molar-refractivity contribution in [1.82, 2.24) is 9.97 Å². The molecule has 27 heavy (non-hydrogen) atoms. The number of aromatic nitrogens is 2. The first-order chi connectivity index (χ1) is 13.2. The third-order valence-electron chi connectivity index (χ3n) is 4.00. The Morgan fingerprint density at radius 3 is 2.78 bits per heavy atom. The van der Waals surface area contributed by atoms with E-state index in [1.54, 1.807) is 25.3 Å². The van der Waals surface area contributed by atoms with Crippen molar-refractivity contribution < 1.29 is 14.2 Å². The van der Waals surface area contributed by atoms with Crippen LogP contribution in [0, 0.1) is 0 Å². The van der Waals surface area contributed by atoms with E-state index in [2.05, 4.69) is 20.6 Å². The normalized spacial score (nSPS) is 11.9. The minimum absolute atomic E-state index is 0.264. The number of benzene rings is 2. The molecule has 1 aromatic heterocycles. The molecule has 0 saturated heterocycles. The predicted octanol–water partition coefficient (Wildman–Crippen LogP) is 4.22. The maximum Gasteiger partial charge on any atom is 0.231 e. The molecule has 4 rings (SSSR count). The van der Waals surface area contributed by atoms with Gasteiger partial charge < -0.3 is 24.8 Å². The van der Waals surface area contributed by atoms with E-state index in [1.165, 1.54) is 6.33 Å². The number of rotatable bonds is 6. The highest BCUT2D eigenvalue weighted by molar-refractivity contribution is 6.31. The van der Waals surface area contributed by atoms with Gasteiger partial charge in [-0.05, 0) is 35.9 Å². The molecule has 0 fully saturated rings. The van der Waals surface area contributed by atoms with Gasteiger partial charge in [0, 0.05) is 17.6 Å². The van der Waals surface area contributed by atoms with E-state index in [0.717, 1.165) is 22.7 Å². The number of nitrogens with zero attached hydrogens (tertiary/aromatic N) is 2. The lowest BCUT2D eigenvalue weighted by atomic mass is 10.2. The summed E-state index contributed by atoms with van der Waals surface area (Å²) < 4.78 is 16.1. The standard InChI is InChI=1S/C19H17ClN4O3/c1-25-15-5-3-13(20)7-14(15)24-19-8-18(22-10-23-19)21-9-12-2-4-16-17(6-12)27-11-26-16/h2-8,10H,9,11H2,1H3,(H2,21,22,23,24). The summed E-state index contributed by atoms with van der Waals surface area (Å²) in [7, 11) is 1.60. The number of fused-ring (bicyclic) bond motifs is 1. The summed E-state index contributed by atoms with van der Waals surface area (Å²) in [6.07, 6.45) is 1.49. The largest absolute Gasteiger partial charge is 0.495 e. The second kappa shape index (κ2) is 7.59. The zero-order valence-corrected chi connectivity index (χ0v) is 15.3. The third kappa shape index (κ3) is 3.98. The second-order valence-corrected chi connectivity index (χ2v) is 6.24. The smallest absolute Gasteiger partial charge is 0.231 e. The fourth-order valence-electron chi connectivity index (χ4n) is 2.68. The van der Waals surface area contributed by atoms with Gasteiger partial charge in [0.05, 0.1) is 12.8 Å². The van der Waals surface area contributed by atoms with Crippen LogP contribution in [0.1, 0.15) is 5.56 Å². The summed E-state index contributed by atoms with van der Waals surface area (Å²) in [6.45, 7) is 0.855. The molecule has 0 atom stereocenters. The van der Waals surface area contributed by atoms with Gasteiger partial charge in [-0.25, -0.2) is 9.97 Å². The number of hydrogen-bond donors (Lipinski definition) is 2. The minimum atomic E-state index is 0.264. The van der Waals surface area contributed by atoms with Crippen LogP contribution in [0.4, 0.5) is 17.3 Å². The maximum absolute atomic E-state index is 6.07. The number of methoxy groups -OCH3 is 1. The molecular formula is C19H17ClN4O3. The molecule has 0 radical (unpaired) electrons. The van der Waals surface area contributed by atoms with Gasteiger partial charge in [-0.1, -0.05) is 17.7 Å². The quantitative estimate of drug-likeness (QED) is 0.658. The van der Waals surface area contributed by atoms with Crippen LogP contribution in [0.5, 0.6) is 17.2 Å².